The first-order valence-corrected chi connectivity index (χ1v) is 7.68. The Kier molecular flexibility index (Phi) is 3.64. The van der Waals surface area contributed by atoms with Gasteiger partial charge in [-0.25, -0.2) is 0 Å². The molecule has 19 heavy (non-hydrogen) atoms. The van der Waals surface area contributed by atoms with E-state index in [1.54, 1.807) is 5.56 Å². The first-order valence-electron chi connectivity index (χ1n) is 7.68. The van der Waals surface area contributed by atoms with Gasteiger partial charge in [-0.2, -0.15) is 0 Å². The number of hydrogen-bond donors (Lipinski definition) is 1. The average Bonchev–Trinajstić information content (AvgIpc) is 2.87. The average molecular weight is 259 g/mol. The third-order valence-electron chi connectivity index (χ3n) is 4.90. The molecule has 1 fully saturated rings. The van der Waals surface area contributed by atoms with Crippen LogP contribution in [0.4, 0.5) is 0 Å². The van der Waals surface area contributed by atoms with E-state index in [4.69, 9.17) is 10.5 Å². The van der Waals surface area contributed by atoms with Gasteiger partial charge in [0.2, 0.25) is 0 Å². The van der Waals surface area contributed by atoms with Gasteiger partial charge in [-0.3, -0.25) is 0 Å². The first-order chi connectivity index (χ1) is 9.17. The van der Waals surface area contributed by atoms with E-state index < -0.39 is 0 Å². The van der Waals surface area contributed by atoms with Crippen LogP contribution >= 0.6 is 0 Å². The van der Waals surface area contributed by atoms with E-state index >= 15 is 0 Å². The minimum atomic E-state index is -0.128. The van der Waals surface area contributed by atoms with Crippen LogP contribution in [0.15, 0.2) is 18.2 Å². The van der Waals surface area contributed by atoms with Crippen LogP contribution in [0.3, 0.4) is 0 Å². The lowest BCUT2D eigenvalue weighted by Gasteiger charge is -2.39. The molecule has 1 heterocycles. The van der Waals surface area contributed by atoms with Crippen LogP contribution in [0.2, 0.25) is 0 Å². The maximum absolute atomic E-state index is 6.43. The molecule has 0 radical (unpaired) electrons. The molecular weight excluding hydrogens is 234 g/mol. The molecule has 1 aromatic carbocycles. The van der Waals surface area contributed by atoms with Crippen LogP contribution in [0.1, 0.15) is 49.3 Å². The summed E-state index contributed by atoms with van der Waals surface area (Å²) < 4.78 is 5.97. The van der Waals surface area contributed by atoms with E-state index in [0.29, 0.717) is 0 Å². The maximum atomic E-state index is 6.43. The molecule has 3 rings (SSSR count). The molecule has 2 nitrogen and oxygen atoms in total. The van der Waals surface area contributed by atoms with E-state index in [9.17, 15) is 0 Å². The highest BCUT2D eigenvalue weighted by molar-refractivity contribution is 5.35. The zero-order valence-corrected chi connectivity index (χ0v) is 12.0. The quantitative estimate of drug-likeness (QED) is 0.905. The maximum Gasteiger partial charge on any atom is 0.0807 e. The number of fused-ring (bicyclic) bond motifs is 1. The monoisotopic (exact) mass is 259 g/mol. The lowest BCUT2D eigenvalue weighted by molar-refractivity contribution is -0.0808. The number of rotatable bonds is 3. The van der Waals surface area contributed by atoms with Crippen LogP contribution in [-0.4, -0.2) is 18.2 Å². The Morgan fingerprint density at radius 1 is 1.21 bits per heavy atom. The van der Waals surface area contributed by atoms with E-state index in [-0.39, 0.29) is 11.6 Å². The second-order valence-electron chi connectivity index (χ2n) is 6.39. The summed E-state index contributed by atoms with van der Waals surface area (Å²) in [6.45, 7) is 3.05. The van der Waals surface area contributed by atoms with Crippen LogP contribution in [0.25, 0.3) is 0 Å². The number of benzene rings is 1. The van der Waals surface area contributed by atoms with Crippen LogP contribution < -0.4 is 5.73 Å². The number of ether oxygens (including phenoxy) is 1. The zero-order valence-electron chi connectivity index (χ0n) is 12.0. The molecule has 2 N–H and O–H groups in total. The summed E-state index contributed by atoms with van der Waals surface area (Å²) in [5.74, 6) is 0. The Hall–Kier alpha value is -0.860. The van der Waals surface area contributed by atoms with Crippen molar-refractivity contribution in [2.24, 2.45) is 5.73 Å². The molecule has 2 atom stereocenters. The van der Waals surface area contributed by atoms with Crippen LogP contribution in [-0.2, 0) is 24.0 Å². The summed E-state index contributed by atoms with van der Waals surface area (Å²) in [5.41, 5.74) is 10.8. The van der Waals surface area contributed by atoms with E-state index in [2.05, 4.69) is 25.1 Å². The summed E-state index contributed by atoms with van der Waals surface area (Å²) in [5, 5.41) is 0. The molecular formula is C17H25NO. The second kappa shape index (κ2) is 5.26. The summed E-state index contributed by atoms with van der Waals surface area (Å²) in [6.07, 6.45) is 8.26. The van der Waals surface area contributed by atoms with Crippen molar-refractivity contribution in [1.29, 1.82) is 0 Å². The molecule has 1 aromatic rings. The Balaban J connectivity index is 1.70. The van der Waals surface area contributed by atoms with Crippen molar-refractivity contribution in [1.82, 2.24) is 0 Å². The van der Waals surface area contributed by atoms with Gasteiger partial charge in [-0.1, -0.05) is 18.2 Å². The SMILES string of the molecule is CC1(C(N)Cc2ccc3c(c2)CCC3)CCCCO1. The Morgan fingerprint density at radius 3 is 2.84 bits per heavy atom. The summed E-state index contributed by atoms with van der Waals surface area (Å²) in [6, 6.07) is 7.03. The standard InChI is InChI=1S/C17H25NO/c1-17(9-2-3-10-19-17)16(18)12-13-7-8-14-5-4-6-15(14)11-13/h7-8,11,16H,2-6,9-10,12,18H2,1H3. The van der Waals surface area contributed by atoms with E-state index in [1.807, 2.05) is 0 Å². The first kappa shape index (κ1) is 13.1. The third kappa shape index (κ3) is 2.70. The fraction of sp³-hybridized carbons (Fsp3) is 0.647. The number of hydrogen-bond acceptors (Lipinski definition) is 2. The van der Waals surface area contributed by atoms with Crippen molar-refractivity contribution < 1.29 is 4.74 Å². The highest BCUT2D eigenvalue weighted by Gasteiger charge is 2.34. The zero-order chi connectivity index (χ0) is 13.3. The minimum absolute atomic E-state index is 0.104. The molecule has 2 heteroatoms. The lowest BCUT2D eigenvalue weighted by atomic mass is 9.85. The molecule has 1 aliphatic carbocycles. The van der Waals surface area contributed by atoms with Gasteiger partial charge in [-0.15, -0.1) is 0 Å². The summed E-state index contributed by atoms with van der Waals surface area (Å²) in [4.78, 5) is 0. The van der Waals surface area contributed by atoms with Crippen molar-refractivity contribution in [3.63, 3.8) is 0 Å². The molecule has 1 saturated heterocycles. The Labute approximate surface area is 116 Å². The molecule has 104 valence electrons. The highest BCUT2D eigenvalue weighted by Crippen LogP contribution is 2.29. The van der Waals surface area contributed by atoms with Crippen molar-refractivity contribution in [3.05, 3.63) is 34.9 Å². The van der Waals surface area contributed by atoms with Crippen molar-refractivity contribution >= 4 is 0 Å². The predicted octanol–water partition coefficient (Wildman–Crippen LogP) is 3.00. The fourth-order valence-corrected chi connectivity index (χ4v) is 3.47. The predicted molar refractivity (Wildman–Crippen MR) is 78.4 cm³/mol. The van der Waals surface area contributed by atoms with Crippen LogP contribution in [0.5, 0.6) is 0 Å². The topological polar surface area (TPSA) is 35.2 Å². The normalized spacial score (nSPS) is 28.1. The molecule has 0 aromatic heterocycles. The van der Waals surface area contributed by atoms with Gasteiger partial charge in [0.1, 0.15) is 0 Å². The smallest absolute Gasteiger partial charge is 0.0807 e. The van der Waals surface area contributed by atoms with Gasteiger partial charge in [-0.05, 0) is 68.6 Å². The van der Waals surface area contributed by atoms with E-state index in [0.717, 1.165) is 19.4 Å². The molecule has 0 spiro atoms. The van der Waals surface area contributed by atoms with Crippen molar-refractivity contribution in [2.75, 3.05) is 6.61 Å². The van der Waals surface area contributed by atoms with Gasteiger partial charge < -0.3 is 10.5 Å². The lowest BCUT2D eigenvalue weighted by Crippen LogP contribution is -2.50. The van der Waals surface area contributed by atoms with Crippen molar-refractivity contribution in [3.8, 4) is 0 Å². The van der Waals surface area contributed by atoms with Gasteiger partial charge >= 0.3 is 0 Å². The number of aryl methyl sites for hydroxylation is 2. The minimum Gasteiger partial charge on any atom is -0.374 e. The highest BCUT2D eigenvalue weighted by atomic mass is 16.5. The Bertz CT molecular complexity index is 449. The van der Waals surface area contributed by atoms with Crippen molar-refractivity contribution in [2.45, 2.75) is 63.5 Å². The van der Waals surface area contributed by atoms with Gasteiger partial charge in [0.15, 0.2) is 0 Å². The van der Waals surface area contributed by atoms with Gasteiger partial charge in [0.05, 0.1) is 5.60 Å². The molecule has 2 aliphatic rings. The third-order valence-corrected chi connectivity index (χ3v) is 4.90. The summed E-state index contributed by atoms with van der Waals surface area (Å²) >= 11 is 0. The number of nitrogens with two attached hydrogens (primary N) is 1. The Morgan fingerprint density at radius 2 is 2.05 bits per heavy atom. The molecule has 0 amide bonds. The summed E-state index contributed by atoms with van der Waals surface area (Å²) in [7, 11) is 0. The van der Waals surface area contributed by atoms with E-state index in [1.165, 1.54) is 43.2 Å². The molecule has 2 unspecified atom stereocenters. The van der Waals surface area contributed by atoms with Gasteiger partial charge in [0, 0.05) is 12.6 Å². The second-order valence-corrected chi connectivity index (χ2v) is 6.39. The van der Waals surface area contributed by atoms with Gasteiger partial charge in [0.25, 0.3) is 0 Å². The van der Waals surface area contributed by atoms with Crippen LogP contribution in [0, 0.1) is 0 Å². The molecule has 0 saturated carbocycles. The largest absolute Gasteiger partial charge is 0.374 e. The fourth-order valence-electron chi connectivity index (χ4n) is 3.47. The molecule has 1 aliphatic heterocycles. The molecule has 0 bridgehead atoms.